The standard InChI is InChI=1S/C24H24N2O3/c1-3-18-9-11-19(12-10-18)17(2)25-23(27)24(28)26-20-13-15-22(16-14-20)29-21-7-5-4-6-8-21/h4-17H,3H2,1-2H3,(H,25,27)(H,26,28). The fourth-order valence-corrected chi connectivity index (χ4v) is 2.81. The molecular weight excluding hydrogens is 364 g/mol. The van der Waals surface area contributed by atoms with E-state index in [1.807, 2.05) is 61.5 Å². The normalized spacial score (nSPS) is 11.4. The van der Waals surface area contributed by atoms with Crippen molar-refractivity contribution in [3.8, 4) is 11.5 Å². The Labute approximate surface area is 170 Å². The van der Waals surface area contributed by atoms with E-state index in [9.17, 15) is 9.59 Å². The number of benzene rings is 3. The van der Waals surface area contributed by atoms with Crippen molar-refractivity contribution in [2.75, 3.05) is 5.32 Å². The van der Waals surface area contributed by atoms with Crippen LogP contribution in [0.3, 0.4) is 0 Å². The second kappa shape index (κ2) is 9.55. The van der Waals surface area contributed by atoms with Gasteiger partial charge in [-0.05, 0) is 60.9 Å². The van der Waals surface area contributed by atoms with Crippen molar-refractivity contribution in [1.29, 1.82) is 0 Å². The Morgan fingerprint density at radius 3 is 2.07 bits per heavy atom. The van der Waals surface area contributed by atoms with Crippen LogP contribution in [0.5, 0.6) is 11.5 Å². The van der Waals surface area contributed by atoms with Gasteiger partial charge in [-0.3, -0.25) is 9.59 Å². The molecule has 148 valence electrons. The van der Waals surface area contributed by atoms with E-state index in [1.54, 1.807) is 24.3 Å². The molecule has 1 unspecified atom stereocenters. The maximum Gasteiger partial charge on any atom is 0.313 e. The number of rotatable bonds is 6. The van der Waals surface area contributed by atoms with Crippen LogP contribution in [0.25, 0.3) is 0 Å². The second-order valence-corrected chi connectivity index (χ2v) is 6.68. The first-order valence-corrected chi connectivity index (χ1v) is 9.59. The van der Waals surface area contributed by atoms with Crippen LogP contribution in [0.2, 0.25) is 0 Å². The highest BCUT2D eigenvalue weighted by molar-refractivity contribution is 6.39. The third-order valence-electron chi connectivity index (χ3n) is 4.53. The van der Waals surface area contributed by atoms with E-state index in [0.717, 1.165) is 17.7 Å². The van der Waals surface area contributed by atoms with Gasteiger partial charge >= 0.3 is 11.8 Å². The van der Waals surface area contributed by atoms with Gasteiger partial charge in [0.25, 0.3) is 0 Å². The summed E-state index contributed by atoms with van der Waals surface area (Å²) in [4.78, 5) is 24.4. The number of amides is 2. The largest absolute Gasteiger partial charge is 0.457 e. The van der Waals surface area contributed by atoms with Crippen molar-refractivity contribution in [3.05, 3.63) is 90.0 Å². The zero-order valence-electron chi connectivity index (χ0n) is 16.5. The van der Waals surface area contributed by atoms with Crippen LogP contribution in [0, 0.1) is 0 Å². The number of nitrogens with one attached hydrogen (secondary N) is 2. The summed E-state index contributed by atoms with van der Waals surface area (Å²) in [6, 6.07) is 24.0. The van der Waals surface area contributed by atoms with E-state index in [0.29, 0.717) is 11.4 Å². The van der Waals surface area contributed by atoms with Crippen LogP contribution in [-0.2, 0) is 16.0 Å². The summed E-state index contributed by atoms with van der Waals surface area (Å²) in [6.45, 7) is 3.94. The van der Waals surface area contributed by atoms with Crippen molar-refractivity contribution < 1.29 is 14.3 Å². The van der Waals surface area contributed by atoms with Crippen molar-refractivity contribution in [3.63, 3.8) is 0 Å². The third kappa shape index (κ3) is 5.69. The van der Waals surface area contributed by atoms with Crippen LogP contribution in [0.1, 0.15) is 31.0 Å². The lowest BCUT2D eigenvalue weighted by molar-refractivity contribution is -0.136. The molecule has 5 nitrogen and oxygen atoms in total. The predicted octanol–water partition coefficient (Wildman–Crippen LogP) is 4.86. The summed E-state index contributed by atoms with van der Waals surface area (Å²) >= 11 is 0. The summed E-state index contributed by atoms with van der Waals surface area (Å²) in [6.07, 6.45) is 0.957. The number of hydrogen-bond acceptors (Lipinski definition) is 3. The fraction of sp³-hybridized carbons (Fsp3) is 0.167. The molecule has 0 saturated heterocycles. The zero-order chi connectivity index (χ0) is 20.6. The summed E-state index contributed by atoms with van der Waals surface area (Å²) in [5, 5.41) is 5.32. The third-order valence-corrected chi connectivity index (χ3v) is 4.53. The van der Waals surface area contributed by atoms with Gasteiger partial charge in [0, 0.05) is 5.69 Å². The minimum absolute atomic E-state index is 0.263. The summed E-state index contributed by atoms with van der Waals surface area (Å²) in [5.74, 6) is -0.0205. The van der Waals surface area contributed by atoms with Crippen molar-refractivity contribution in [2.45, 2.75) is 26.3 Å². The fourth-order valence-electron chi connectivity index (χ4n) is 2.81. The Bertz CT molecular complexity index is 952. The minimum atomic E-state index is -0.709. The molecule has 0 bridgehead atoms. The topological polar surface area (TPSA) is 67.4 Å². The molecule has 2 amide bonds. The van der Waals surface area contributed by atoms with E-state index in [2.05, 4.69) is 17.6 Å². The zero-order valence-corrected chi connectivity index (χ0v) is 16.5. The molecule has 1 atom stereocenters. The van der Waals surface area contributed by atoms with Gasteiger partial charge in [0.1, 0.15) is 11.5 Å². The molecule has 0 heterocycles. The number of para-hydroxylation sites is 1. The number of anilines is 1. The molecule has 0 aliphatic rings. The molecule has 0 aromatic heterocycles. The molecule has 2 N–H and O–H groups in total. The lowest BCUT2D eigenvalue weighted by atomic mass is 10.1. The lowest BCUT2D eigenvalue weighted by Gasteiger charge is -2.14. The van der Waals surface area contributed by atoms with E-state index >= 15 is 0 Å². The Kier molecular flexibility index (Phi) is 6.63. The first-order valence-electron chi connectivity index (χ1n) is 9.59. The van der Waals surface area contributed by atoms with E-state index in [1.165, 1.54) is 5.56 Å². The first kappa shape index (κ1) is 20.1. The number of carbonyl (C=O) groups excluding carboxylic acids is 2. The summed E-state index contributed by atoms with van der Waals surface area (Å²) in [7, 11) is 0. The van der Waals surface area contributed by atoms with Crippen molar-refractivity contribution >= 4 is 17.5 Å². The van der Waals surface area contributed by atoms with E-state index < -0.39 is 11.8 Å². The molecule has 3 rings (SSSR count). The minimum Gasteiger partial charge on any atom is -0.457 e. The SMILES string of the molecule is CCc1ccc(C(C)NC(=O)C(=O)Nc2ccc(Oc3ccccc3)cc2)cc1. The second-order valence-electron chi connectivity index (χ2n) is 6.68. The average molecular weight is 388 g/mol. The Hall–Kier alpha value is -3.60. The number of aryl methyl sites for hydroxylation is 1. The van der Waals surface area contributed by atoms with Gasteiger partial charge in [-0.2, -0.15) is 0 Å². The first-order chi connectivity index (χ1) is 14.0. The van der Waals surface area contributed by atoms with Crippen LogP contribution in [0.15, 0.2) is 78.9 Å². The molecular formula is C24H24N2O3. The highest BCUT2D eigenvalue weighted by atomic mass is 16.5. The highest BCUT2D eigenvalue weighted by Gasteiger charge is 2.17. The molecule has 0 aliphatic heterocycles. The summed E-state index contributed by atoms with van der Waals surface area (Å²) < 4.78 is 5.71. The van der Waals surface area contributed by atoms with Crippen LogP contribution in [0.4, 0.5) is 5.69 Å². The average Bonchev–Trinajstić information content (AvgIpc) is 2.75. The molecule has 0 aliphatic carbocycles. The van der Waals surface area contributed by atoms with Gasteiger partial charge in [0.05, 0.1) is 6.04 Å². The predicted molar refractivity (Wildman–Crippen MR) is 114 cm³/mol. The van der Waals surface area contributed by atoms with Crippen molar-refractivity contribution in [2.24, 2.45) is 0 Å². The molecule has 0 fully saturated rings. The Morgan fingerprint density at radius 1 is 0.828 bits per heavy atom. The Morgan fingerprint density at radius 2 is 1.45 bits per heavy atom. The van der Waals surface area contributed by atoms with Gasteiger partial charge in [-0.25, -0.2) is 0 Å². The molecule has 0 radical (unpaired) electrons. The van der Waals surface area contributed by atoms with Crippen LogP contribution < -0.4 is 15.4 Å². The smallest absolute Gasteiger partial charge is 0.313 e. The van der Waals surface area contributed by atoms with Crippen molar-refractivity contribution in [1.82, 2.24) is 5.32 Å². The monoisotopic (exact) mass is 388 g/mol. The van der Waals surface area contributed by atoms with Gasteiger partial charge < -0.3 is 15.4 Å². The van der Waals surface area contributed by atoms with E-state index in [4.69, 9.17) is 4.74 Å². The molecule has 0 spiro atoms. The Balaban J connectivity index is 1.54. The number of ether oxygens (including phenoxy) is 1. The highest BCUT2D eigenvalue weighted by Crippen LogP contribution is 2.22. The van der Waals surface area contributed by atoms with Crippen LogP contribution >= 0.6 is 0 Å². The molecule has 29 heavy (non-hydrogen) atoms. The maximum absolute atomic E-state index is 12.2. The van der Waals surface area contributed by atoms with Gasteiger partial charge in [-0.1, -0.05) is 49.4 Å². The van der Waals surface area contributed by atoms with Gasteiger partial charge in [-0.15, -0.1) is 0 Å². The van der Waals surface area contributed by atoms with E-state index in [-0.39, 0.29) is 6.04 Å². The van der Waals surface area contributed by atoms with Crippen LogP contribution in [-0.4, -0.2) is 11.8 Å². The number of carbonyl (C=O) groups is 2. The van der Waals surface area contributed by atoms with Gasteiger partial charge in [0.15, 0.2) is 0 Å². The summed E-state index contributed by atoms with van der Waals surface area (Å²) in [5.41, 5.74) is 2.70. The molecule has 5 heteroatoms. The molecule has 0 saturated carbocycles. The molecule has 3 aromatic carbocycles. The van der Waals surface area contributed by atoms with Gasteiger partial charge in [0.2, 0.25) is 0 Å². The quantitative estimate of drug-likeness (QED) is 0.593. The maximum atomic E-state index is 12.2. The number of hydrogen-bond donors (Lipinski definition) is 2. The lowest BCUT2D eigenvalue weighted by Crippen LogP contribution is -2.36. The molecule has 3 aromatic rings.